The molecule has 0 aliphatic carbocycles. The van der Waals surface area contributed by atoms with E-state index in [1.54, 1.807) is 13.2 Å². The number of hydrogen-bond donors (Lipinski definition) is 0. The molecule has 1 aromatic carbocycles. The second kappa shape index (κ2) is 9.42. The molecule has 4 nitrogen and oxygen atoms in total. The first kappa shape index (κ1) is 20.7. The number of nitrogens with zero attached hydrogens (tertiary/aromatic N) is 1. The van der Waals surface area contributed by atoms with Gasteiger partial charge in [-0.3, -0.25) is 4.79 Å². The van der Waals surface area contributed by atoms with E-state index in [2.05, 4.69) is 44.2 Å². The van der Waals surface area contributed by atoms with E-state index in [4.69, 9.17) is 9.15 Å². The molecule has 2 aromatic rings. The largest absolute Gasteiger partial charge is 0.467 e. The van der Waals surface area contributed by atoms with E-state index < -0.39 is 0 Å². The highest BCUT2D eigenvalue weighted by Gasteiger charge is 2.33. The SMILES string of the molecule is CC(=O)N(CC[C@H](Cc1ccccc1)[C@@H]1CCOC(C)(C)C1)Cc1ccco1. The molecule has 1 saturated heterocycles. The zero-order valence-electron chi connectivity index (χ0n) is 17.4. The maximum atomic E-state index is 12.2. The molecule has 0 spiro atoms. The molecule has 28 heavy (non-hydrogen) atoms. The van der Waals surface area contributed by atoms with Gasteiger partial charge in [-0.15, -0.1) is 0 Å². The van der Waals surface area contributed by atoms with E-state index >= 15 is 0 Å². The van der Waals surface area contributed by atoms with Crippen LogP contribution in [-0.2, 0) is 22.5 Å². The lowest BCUT2D eigenvalue weighted by atomic mass is 9.75. The fourth-order valence-corrected chi connectivity index (χ4v) is 4.36. The first-order valence-corrected chi connectivity index (χ1v) is 10.4. The number of carbonyl (C=O) groups excluding carboxylic acids is 1. The maximum absolute atomic E-state index is 12.2. The van der Waals surface area contributed by atoms with Gasteiger partial charge in [0.2, 0.25) is 5.91 Å². The summed E-state index contributed by atoms with van der Waals surface area (Å²) in [6, 6.07) is 14.5. The van der Waals surface area contributed by atoms with Gasteiger partial charge in [-0.25, -0.2) is 0 Å². The highest BCUT2D eigenvalue weighted by Crippen LogP contribution is 2.36. The Balaban J connectivity index is 1.69. The smallest absolute Gasteiger partial charge is 0.219 e. The van der Waals surface area contributed by atoms with Crippen LogP contribution in [0.2, 0.25) is 0 Å². The van der Waals surface area contributed by atoms with Crippen molar-refractivity contribution in [3.63, 3.8) is 0 Å². The van der Waals surface area contributed by atoms with Crippen molar-refractivity contribution < 1.29 is 13.9 Å². The number of rotatable bonds is 8. The Labute approximate surface area is 168 Å². The first-order chi connectivity index (χ1) is 13.4. The predicted molar refractivity (Wildman–Crippen MR) is 111 cm³/mol. The number of hydrogen-bond acceptors (Lipinski definition) is 3. The van der Waals surface area contributed by atoms with Crippen molar-refractivity contribution >= 4 is 5.91 Å². The van der Waals surface area contributed by atoms with E-state index in [9.17, 15) is 4.79 Å². The normalized spacial score (nSPS) is 19.9. The molecule has 2 atom stereocenters. The van der Waals surface area contributed by atoms with Crippen LogP contribution < -0.4 is 0 Å². The van der Waals surface area contributed by atoms with Gasteiger partial charge in [0, 0.05) is 20.1 Å². The molecule has 2 heterocycles. The third kappa shape index (κ3) is 5.96. The van der Waals surface area contributed by atoms with Crippen LogP contribution in [0.5, 0.6) is 0 Å². The van der Waals surface area contributed by atoms with Crippen molar-refractivity contribution in [2.45, 2.75) is 58.6 Å². The van der Waals surface area contributed by atoms with E-state index in [1.165, 1.54) is 5.56 Å². The van der Waals surface area contributed by atoms with Crippen LogP contribution >= 0.6 is 0 Å². The number of benzene rings is 1. The Kier molecular flexibility index (Phi) is 6.95. The Morgan fingerprint density at radius 2 is 2.00 bits per heavy atom. The first-order valence-electron chi connectivity index (χ1n) is 10.4. The van der Waals surface area contributed by atoms with E-state index in [1.807, 2.05) is 17.0 Å². The molecule has 0 bridgehead atoms. The number of amides is 1. The Bertz CT molecular complexity index is 724. The molecular weight excluding hydrogens is 350 g/mol. The zero-order chi connectivity index (χ0) is 20.0. The Hall–Kier alpha value is -2.07. The number of furan rings is 1. The van der Waals surface area contributed by atoms with Gasteiger partial charge >= 0.3 is 0 Å². The van der Waals surface area contributed by atoms with E-state index in [0.717, 1.165) is 44.6 Å². The van der Waals surface area contributed by atoms with E-state index in [0.29, 0.717) is 18.4 Å². The summed E-state index contributed by atoms with van der Waals surface area (Å²) in [4.78, 5) is 14.1. The summed E-state index contributed by atoms with van der Waals surface area (Å²) in [7, 11) is 0. The highest BCUT2D eigenvalue weighted by molar-refractivity contribution is 5.73. The minimum absolute atomic E-state index is 0.0632. The molecule has 0 N–H and O–H groups in total. The third-order valence-corrected chi connectivity index (χ3v) is 5.88. The molecule has 0 radical (unpaired) electrons. The summed E-state index contributed by atoms with van der Waals surface area (Å²) >= 11 is 0. The second-order valence-corrected chi connectivity index (χ2v) is 8.62. The summed E-state index contributed by atoms with van der Waals surface area (Å²) in [6.45, 7) is 8.15. The van der Waals surface area contributed by atoms with Crippen LogP contribution in [-0.4, -0.2) is 29.6 Å². The van der Waals surface area contributed by atoms with Gasteiger partial charge in [0.25, 0.3) is 0 Å². The van der Waals surface area contributed by atoms with Gasteiger partial charge in [-0.05, 0) is 69.1 Å². The summed E-state index contributed by atoms with van der Waals surface area (Å²) in [5.74, 6) is 2.08. The van der Waals surface area contributed by atoms with Crippen molar-refractivity contribution in [2.75, 3.05) is 13.2 Å². The van der Waals surface area contributed by atoms with Crippen molar-refractivity contribution in [3.05, 3.63) is 60.1 Å². The van der Waals surface area contributed by atoms with Gasteiger partial charge in [-0.2, -0.15) is 0 Å². The van der Waals surface area contributed by atoms with Crippen LogP contribution in [0.15, 0.2) is 53.1 Å². The summed E-state index contributed by atoms with van der Waals surface area (Å²) in [5, 5.41) is 0. The Morgan fingerprint density at radius 3 is 2.64 bits per heavy atom. The average Bonchev–Trinajstić information content (AvgIpc) is 3.17. The molecule has 4 heteroatoms. The molecule has 1 aromatic heterocycles. The lowest BCUT2D eigenvalue weighted by Crippen LogP contribution is -2.38. The van der Waals surface area contributed by atoms with Crippen molar-refractivity contribution in [2.24, 2.45) is 11.8 Å². The van der Waals surface area contributed by atoms with Gasteiger partial charge in [-0.1, -0.05) is 30.3 Å². The van der Waals surface area contributed by atoms with E-state index in [-0.39, 0.29) is 11.5 Å². The van der Waals surface area contributed by atoms with Crippen molar-refractivity contribution in [1.29, 1.82) is 0 Å². The lowest BCUT2D eigenvalue weighted by molar-refractivity contribution is -0.130. The van der Waals surface area contributed by atoms with Gasteiger partial charge < -0.3 is 14.1 Å². The minimum atomic E-state index is -0.0632. The van der Waals surface area contributed by atoms with Crippen molar-refractivity contribution in [1.82, 2.24) is 4.90 Å². The average molecular weight is 384 g/mol. The molecule has 0 unspecified atom stereocenters. The van der Waals surface area contributed by atoms with Crippen LogP contribution in [0.3, 0.4) is 0 Å². The fourth-order valence-electron chi connectivity index (χ4n) is 4.36. The fraction of sp³-hybridized carbons (Fsp3) is 0.542. The molecule has 1 amide bonds. The summed E-state index contributed by atoms with van der Waals surface area (Å²) in [5.41, 5.74) is 1.31. The van der Waals surface area contributed by atoms with Crippen LogP contribution in [0.4, 0.5) is 0 Å². The van der Waals surface area contributed by atoms with Gasteiger partial charge in [0.1, 0.15) is 5.76 Å². The number of ether oxygens (including phenoxy) is 1. The maximum Gasteiger partial charge on any atom is 0.219 e. The topological polar surface area (TPSA) is 42.7 Å². The molecule has 1 aliphatic heterocycles. The van der Waals surface area contributed by atoms with Gasteiger partial charge in [0.15, 0.2) is 0 Å². The third-order valence-electron chi connectivity index (χ3n) is 5.88. The lowest BCUT2D eigenvalue weighted by Gasteiger charge is -2.40. The molecule has 3 rings (SSSR count). The second-order valence-electron chi connectivity index (χ2n) is 8.62. The predicted octanol–water partition coefficient (Wildman–Crippen LogP) is 5.08. The van der Waals surface area contributed by atoms with Crippen LogP contribution in [0, 0.1) is 11.8 Å². The number of carbonyl (C=O) groups is 1. The molecule has 0 saturated carbocycles. The summed E-state index contributed by atoms with van der Waals surface area (Å²) in [6.07, 6.45) is 5.88. The van der Waals surface area contributed by atoms with Crippen LogP contribution in [0.25, 0.3) is 0 Å². The molecule has 152 valence electrons. The van der Waals surface area contributed by atoms with Crippen molar-refractivity contribution in [3.8, 4) is 0 Å². The van der Waals surface area contributed by atoms with Gasteiger partial charge in [0.05, 0.1) is 18.4 Å². The standard InChI is InChI=1S/C24H33NO3/c1-19(26)25(18-23-10-7-14-27-23)13-11-21(16-20-8-5-4-6-9-20)22-12-15-28-24(2,3)17-22/h4-10,14,21-22H,11-13,15-18H2,1-3H3/t21-,22-/m1/s1. The Morgan fingerprint density at radius 1 is 1.21 bits per heavy atom. The van der Waals surface area contributed by atoms with Crippen LogP contribution in [0.1, 0.15) is 51.4 Å². The summed E-state index contributed by atoms with van der Waals surface area (Å²) < 4.78 is 11.4. The molecule has 1 aliphatic rings. The molecule has 1 fully saturated rings. The highest BCUT2D eigenvalue weighted by atomic mass is 16.5. The zero-order valence-corrected chi connectivity index (χ0v) is 17.4. The minimum Gasteiger partial charge on any atom is -0.467 e. The molecular formula is C24H33NO3. The monoisotopic (exact) mass is 383 g/mol. The quantitative estimate of drug-likeness (QED) is 0.638.